The van der Waals surface area contributed by atoms with Crippen LogP contribution in [0, 0.1) is 0 Å². The summed E-state index contributed by atoms with van der Waals surface area (Å²) in [5.74, 6) is 4.63. The molecule has 10 aromatic rings. The molecule has 3 aromatic heterocycles. The first kappa shape index (κ1) is 77.9. The number of benzene rings is 7. The Bertz CT molecular complexity index is 2820. The predicted molar refractivity (Wildman–Crippen MR) is 380 cm³/mol. The third kappa shape index (κ3) is 31.1. The molecule has 460 valence electrons. The minimum Gasteiger partial charge on any atom is -0.497 e. The summed E-state index contributed by atoms with van der Waals surface area (Å²) < 4.78 is 10.1. The van der Waals surface area contributed by atoms with Gasteiger partial charge in [-0.3, -0.25) is 9.97 Å². The second-order valence-electron chi connectivity index (χ2n) is 19.8. The van der Waals surface area contributed by atoms with Crippen molar-refractivity contribution in [3.8, 4) is 50.6 Å². The molecule has 86 heavy (non-hydrogen) atoms. The highest BCUT2D eigenvalue weighted by atomic mass is 16.5. The van der Waals surface area contributed by atoms with Crippen LogP contribution in [-0.4, -0.2) is 22.2 Å². The highest BCUT2D eigenvalue weighted by Gasteiger charge is 2.09. The van der Waals surface area contributed by atoms with E-state index in [1.807, 2.05) is 197 Å². The molecule has 0 bridgehead atoms. The second-order valence-corrected chi connectivity index (χ2v) is 19.8. The van der Waals surface area contributed by atoms with Crippen LogP contribution in [-0.2, 0) is 0 Å². The molecule has 7 aromatic carbocycles. The summed E-state index contributed by atoms with van der Waals surface area (Å²) in [6.45, 7) is 41.8. The Balaban J connectivity index is 0.000000989. The van der Waals surface area contributed by atoms with Gasteiger partial charge in [-0.05, 0) is 87.4 Å². The first-order valence-electron chi connectivity index (χ1n) is 31.7. The monoisotopic (exact) mass is 1160 g/mol. The lowest BCUT2D eigenvalue weighted by Gasteiger charge is -2.06. The van der Waals surface area contributed by atoms with E-state index in [9.17, 15) is 0 Å². The fourth-order valence-corrected chi connectivity index (χ4v) is 7.49. The summed E-state index contributed by atoms with van der Waals surface area (Å²) in [4.78, 5) is 8.79. The number of ether oxygens (including phenoxy) is 1. The van der Waals surface area contributed by atoms with E-state index in [2.05, 4.69) is 206 Å². The maximum absolute atomic E-state index is 5.23. The first-order chi connectivity index (χ1) is 41.8. The number of aromatic nitrogens is 3. The number of hydrogen-bond donors (Lipinski definition) is 0. The standard InChI is InChI=1S/C15H16.2C14H15N.C12H13NO.C9H12.C7H8O.5C2H6/c1-12(2)13-8-10-15(11-9-13)14-6-4-3-5-7-14;1-11(2)12-6-8-13(9-7-12)14-5-3-4-10-15-14;1-11(2)13-8-9-14(15-10-13)12-6-4-3-5-7-12;1-9(2)12-8-11(13-14-12)10-6-4-3-5-7-10;1-8(2)9-6-4-3-5-7-9;1-8-7-5-3-2-4-6-7;5*1-2/h3-12H,1-2H3;2*3-11H,1-2H3;3-9H,1-2H3;3-8H,1-2H3;2-6H,1H3;5*1-2H3. The van der Waals surface area contributed by atoms with Gasteiger partial charge in [-0.15, -0.1) is 0 Å². The van der Waals surface area contributed by atoms with E-state index in [1.54, 1.807) is 7.11 Å². The van der Waals surface area contributed by atoms with Gasteiger partial charge in [-0.1, -0.05) is 344 Å². The Labute approximate surface area is 524 Å². The van der Waals surface area contributed by atoms with Crippen molar-refractivity contribution < 1.29 is 9.26 Å². The molecule has 3 heterocycles. The molecule has 0 aliphatic heterocycles. The van der Waals surface area contributed by atoms with Crippen LogP contribution >= 0.6 is 0 Å². The quantitative estimate of drug-likeness (QED) is 0.137. The van der Waals surface area contributed by atoms with Gasteiger partial charge in [-0.25, -0.2) is 0 Å². The van der Waals surface area contributed by atoms with Crippen LogP contribution in [0.1, 0.15) is 196 Å². The van der Waals surface area contributed by atoms with Crippen molar-refractivity contribution in [1.82, 2.24) is 15.1 Å². The van der Waals surface area contributed by atoms with Gasteiger partial charge in [0.1, 0.15) is 17.2 Å². The zero-order chi connectivity index (χ0) is 64.5. The molecule has 0 spiro atoms. The average Bonchev–Trinajstić information content (AvgIpc) is 4.22. The van der Waals surface area contributed by atoms with Crippen molar-refractivity contribution in [1.29, 1.82) is 0 Å². The predicted octanol–water partition coefficient (Wildman–Crippen LogP) is 25.3. The van der Waals surface area contributed by atoms with Crippen molar-refractivity contribution in [3.05, 3.63) is 277 Å². The van der Waals surface area contributed by atoms with Crippen LogP contribution in [0.4, 0.5) is 0 Å². The van der Waals surface area contributed by atoms with E-state index < -0.39 is 0 Å². The number of rotatable bonds is 10. The van der Waals surface area contributed by atoms with E-state index >= 15 is 0 Å². The van der Waals surface area contributed by atoms with Crippen LogP contribution in [0.15, 0.2) is 254 Å². The topological polar surface area (TPSA) is 61.0 Å². The summed E-state index contributed by atoms with van der Waals surface area (Å²) in [7, 11) is 1.66. The molecular weight excluding hydrogens is 1050 g/mol. The van der Waals surface area contributed by atoms with E-state index in [0.29, 0.717) is 29.6 Å². The SMILES string of the molecule is CC.CC.CC.CC.CC.CC(C)c1cc(-c2ccccc2)no1.CC(C)c1ccc(-c2ccccc2)cc1.CC(C)c1ccc(-c2ccccc2)nc1.CC(C)c1ccc(-c2ccccn2)cc1.CC(C)c1ccccc1.COc1ccccc1. The molecule has 0 aliphatic carbocycles. The molecule has 0 atom stereocenters. The Morgan fingerprint density at radius 2 is 0.616 bits per heavy atom. The number of nitrogens with zero attached hydrogens (tertiary/aromatic N) is 3. The minimum atomic E-state index is 0.389. The molecular formula is C81H109N3O2. The van der Waals surface area contributed by atoms with Crippen LogP contribution in [0.5, 0.6) is 5.75 Å². The van der Waals surface area contributed by atoms with Crippen LogP contribution in [0.25, 0.3) is 44.9 Å². The summed E-state index contributed by atoms with van der Waals surface area (Å²) >= 11 is 0. The fraction of sp³-hybridized carbons (Fsp3) is 0.321. The molecule has 0 unspecified atom stereocenters. The molecule has 0 saturated carbocycles. The molecule has 5 heteroatoms. The van der Waals surface area contributed by atoms with Gasteiger partial charge < -0.3 is 9.26 Å². The summed E-state index contributed by atoms with van der Waals surface area (Å²) in [6, 6.07) is 80.7. The van der Waals surface area contributed by atoms with Crippen molar-refractivity contribution >= 4 is 0 Å². The average molecular weight is 1160 g/mol. The van der Waals surface area contributed by atoms with E-state index in [0.717, 1.165) is 34.2 Å². The fourth-order valence-electron chi connectivity index (χ4n) is 7.49. The summed E-state index contributed by atoms with van der Waals surface area (Å²) in [6.07, 6.45) is 3.79. The van der Waals surface area contributed by atoms with Crippen molar-refractivity contribution in [2.75, 3.05) is 7.11 Å². The lowest BCUT2D eigenvalue weighted by atomic mass is 9.99. The summed E-state index contributed by atoms with van der Waals surface area (Å²) in [5.41, 5.74) is 14.5. The number of para-hydroxylation sites is 1. The molecule has 0 aliphatic rings. The molecule has 0 saturated heterocycles. The van der Waals surface area contributed by atoms with Crippen molar-refractivity contribution in [2.45, 2.75) is 168 Å². The van der Waals surface area contributed by atoms with Gasteiger partial charge in [0.05, 0.1) is 18.5 Å². The van der Waals surface area contributed by atoms with Crippen LogP contribution < -0.4 is 4.74 Å². The zero-order valence-corrected chi connectivity index (χ0v) is 56.7. The number of pyridine rings is 2. The molecule has 0 amide bonds. The Morgan fingerprint density at radius 1 is 0.291 bits per heavy atom. The lowest BCUT2D eigenvalue weighted by molar-refractivity contribution is 0.373. The van der Waals surface area contributed by atoms with E-state index in [1.165, 1.54) is 44.5 Å². The first-order valence-corrected chi connectivity index (χ1v) is 31.7. The van der Waals surface area contributed by atoms with Crippen LogP contribution in [0.3, 0.4) is 0 Å². The van der Waals surface area contributed by atoms with Crippen LogP contribution in [0.2, 0.25) is 0 Å². The maximum Gasteiger partial charge on any atom is 0.139 e. The summed E-state index contributed by atoms with van der Waals surface area (Å²) in [5, 5.41) is 4.03. The molecule has 0 fully saturated rings. The van der Waals surface area contributed by atoms with E-state index in [4.69, 9.17) is 9.26 Å². The Kier molecular flexibility index (Phi) is 44.5. The van der Waals surface area contributed by atoms with Gasteiger partial charge in [-0.2, -0.15) is 0 Å². The van der Waals surface area contributed by atoms with Gasteiger partial charge in [0.25, 0.3) is 0 Å². The highest BCUT2D eigenvalue weighted by Crippen LogP contribution is 2.25. The molecule has 0 N–H and O–H groups in total. The maximum atomic E-state index is 5.23. The number of methoxy groups -OCH3 is 1. The van der Waals surface area contributed by atoms with Gasteiger partial charge >= 0.3 is 0 Å². The van der Waals surface area contributed by atoms with Gasteiger partial charge in [0.15, 0.2) is 0 Å². The third-order valence-corrected chi connectivity index (χ3v) is 12.4. The van der Waals surface area contributed by atoms with E-state index in [-0.39, 0.29) is 0 Å². The molecule has 0 radical (unpaired) electrons. The zero-order valence-electron chi connectivity index (χ0n) is 56.7. The number of hydrogen-bond acceptors (Lipinski definition) is 5. The Morgan fingerprint density at radius 3 is 0.953 bits per heavy atom. The molecule has 5 nitrogen and oxygen atoms in total. The van der Waals surface area contributed by atoms with Gasteiger partial charge in [0, 0.05) is 41.1 Å². The minimum absolute atomic E-state index is 0.389. The second kappa shape index (κ2) is 49.1. The molecule has 10 rings (SSSR count). The largest absolute Gasteiger partial charge is 0.497 e. The lowest BCUT2D eigenvalue weighted by Crippen LogP contribution is -1.89. The normalized spacial score (nSPS) is 9.51. The smallest absolute Gasteiger partial charge is 0.139 e. The highest BCUT2D eigenvalue weighted by molar-refractivity contribution is 5.64. The Hall–Kier alpha value is -8.15. The van der Waals surface area contributed by atoms with Crippen molar-refractivity contribution in [3.63, 3.8) is 0 Å². The van der Waals surface area contributed by atoms with Gasteiger partial charge in [0.2, 0.25) is 0 Å². The third-order valence-electron chi connectivity index (χ3n) is 12.4. The van der Waals surface area contributed by atoms with Crippen molar-refractivity contribution in [2.24, 2.45) is 0 Å².